The van der Waals surface area contributed by atoms with Crippen LogP contribution in [0.5, 0.6) is 23.0 Å². The molecule has 0 saturated carbocycles. The maximum Gasteiger partial charge on any atom is 0.231 e. The van der Waals surface area contributed by atoms with Gasteiger partial charge >= 0.3 is 0 Å². The Morgan fingerprint density at radius 3 is 2.52 bits per heavy atom. The number of aryl methyl sites for hydroxylation is 3. The summed E-state index contributed by atoms with van der Waals surface area (Å²) in [5.41, 5.74) is 5.22. The van der Waals surface area contributed by atoms with E-state index in [0.717, 1.165) is 47.8 Å². The molecule has 1 aliphatic carbocycles. The number of rotatable bonds is 1. The van der Waals surface area contributed by atoms with Crippen LogP contribution in [0.1, 0.15) is 18.1 Å². The lowest BCUT2D eigenvalue weighted by molar-refractivity contribution is -0.681. The van der Waals surface area contributed by atoms with E-state index in [0.29, 0.717) is 13.6 Å². The lowest BCUT2D eigenvalue weighted by Crippen LogP contribution is -3.00. The molecule has 27 heavy (non-hydrogen) atoms. The molecule has 6 rings (SSSR count). The molecule has 0 saturated heterocycles. The Bertz CT molecular complexity index is 1100. The summed E-state index contributed by atoms with van der Waals surface area (Å²) in [7, 11) is 0. The number of fused-ring (bicyclic) bond motifs is 8. The molecule has 0 N–H and O–H groups in total. The average Bonchev–Trinajstić information content (AvgIpc) is 3.33. The topological polar surface area (TPSA) is 40.8 Å². The Kier molecular flexibility index (Phi) is 3.62. The van der Waals surface area contributed by atoms with Crippen LogP contribution in [-0.4, -0.2) is 13.6 Å². The molecule has 5 nitrogen and oxygen atoms in total. The molecule has 0 fully saturated rings. The number of halogens is 1. The lowest BCUT2D eigenvalue weighted by Gasteiger charge is -2.20. The second-order valence-electron chi connectivity index (χ2n) is 6.87. The third-order valence-corrected chi connectivity index (χ3v) is 5.60. The Labute approximate surface area is 162 Å². The van der Waals surface area contributed by atoms with Crippen LogP contribution in [0.2, 0.25) is 0 Å². The van der Waals surface area contributed by atoms with Gasteiger partial charge in [-0.2, -0.15) is 4.57 Å². The third-order valence-electron chi connectivity index (χ3n) is 5.60. The molecule has 3 heterocycles. The van der Waals surface area contributed by atoms with Gasteiger partial charge < -0.3 is 31.4 Å². The molecule has 2 aliphatic heterocycles. The summed E-state index contributed by atoms with van der Waals surface area (Å²) < 4.78 is 24.9. The zero-order valence-corrected chi connectivity index (χ0v) is 15.6. The minimum absolute atomic E-state index is 0. The third kappa shape index (κ3) is 2.21. The highest BCUT2D eigenvalue weighted by Crippen LogP contribution is 2.45. The van der Waals surface area contributed by atoms with Crippen molar-refractivity contribution in [2.75, 3.05) is 13.6 Å². The Hall–Kier alpha value is -2.66. The Morgan fingerprint density at radius 1 is 0.889 bits per heavy atom. The first-order valence-corrected chi connectivity index (χ1v) is 9.04. The minimum Gasteiger partial charge on any atom is -1.00 e. The van der Waals surface area contributed by atoms with Gasteiger partial charge in [0, 0.05) is 10.9 Å². The molecule has 0 atom stereocenters. The van der Waals surface area contributed by atoms with Gasteiger partial charge in [-0.05, 0) is 49.6 Å². The lowest BCUT2D eigenvalue weighted by atomic mass is 9.85. The smallest absolute Gasteiger partial charge is 0.231 e. The number of ether oxygens (including phenoxy) is 4. The number of pyridine rings is 1. The predicted molar refractivity (Wildman–Crippen MR) is 94.9 cm³/mol. The Balaban J connectivity index is 0.00000160. The van der Waals surface area contributed by atoms with Crippen LogP contribution in [0.15, 0.2) is 30.5 Å². The SMILES string of the molecule is CC[n+]1cc2c3c(ccc2c2c1-c1cc4c(cc1CC2)OCO4)OCO3.[Cl-]. The van der Waals surface area contributed by atoms with Crippen LogP contribution in [-0.2, 0) is 19.4 Å². The van der Waals surface area contributed by atoms with Crippen LogP contribution in [0, 0.1) is 0 Å². The van der Waals surface area contributed by atoms with E-state index in [1.54, 1.807) is 0 Å². The summed E-state index contributed by atoms with van der Waals surface area (Å²) in [5, 5.41) is 2.38. The first-order valence-electron chi connectivity index (χ1n) is 9.04. The first kappa shape index (κ1) is 16.5. The van der Waals surface area contributed by atoms with Gasteiger partial charge in [-0.15, -0.1) is 0 Å². The maximum atomic E-state index is 5.76. The van der Waals surface area contributed by atoms with Crippen molar-refractivity contribution in [2.45, 2.75) is 26.3 Å². The van der Waals surface area contributed by atoms with E-state index in [2.05, 4.69) is 35.9 Å². The monoisotopic (exact) mass is 383 g/mol. The fourth-order valence-corrected chi connectivity index (χ4v) is 4.40. The second-order valence-corrected chi connectivity index (χ2v) is 6.87. The summed E-state index contributed by atoms with van der Waals surface area (Å²) in [6.45, 7) is 3.66. The molecular weight excluding hydrogens is 366 g/mol. The quantitative estimate of drug-likeness (QED) is 0.570. The van der Waals surface area contributed by atoms with Crippen molar-refractivity contribution < 1.29 is 35.9 Å². The van der Waals surface area contributed by atoms with Gasteiger partial charge in [0.2, 0.25) is 19.3 Å². The minimum atomic E-state index is 0. The standard InChI is InChI=1S/C21H18NO4.ClH/c1-2-22-9-16-13(5-6-17-21(16)26-11-23-17)14-4-3-12-7-18-19(25-10-24-18)8-15(12)20(14)22;/h5-9H,2-4,10-11H2,1H3;1H/q+1;/p-1. The van der Waals surface area contributed by atoms with E-state index in [-0.39, 0.29) is 12.4 Å². The van der Waals surface area contributed by atoms with Crippen molar-refractivity contribution in [2.24, 2.45) is 0 Å². The van der Waals surface area contributed by atoms with Gasteiger partial charge in [0.05, 0.1) is 10.9 Å². The zero-order chi connectivity index (χ0) is 17.3. The summed E-state index contributed by atoms with van der Waals surface area (Å²) in [4.78, 5) is 0. The molecule has 0 amide bonds. The summed E-state index contributed by atoms with van der Waals surface area (Å²) in [5.74, 6) is 3.40. The number of benzene rings is 2. The number of hydrogen-bond acceptors (Lipinski definition) is 4. The van der Waals surface area contributed by atoms with E-state index >= 15 is 0 Å². The number of hydrogen-bond donors (Lipinski definition) is 0. The van der Waals surface area contributed by atoms with Crippen molar-refractivity contribution in [3.63, 3.8) is 0 Å². The Morgan fingerprint density at radius 2 is 1.67 bits per heavy atom. The molecule has 0 unspecified atom stereocenters. The summed E-state index contributed by atoms with van der Waals surface area (Å²) in [6.07, 6.45) is 4.19. The largest absolute Gasteiger partial charge is 1.00 e. The van der Waals surface area contributed by atoms with Crippen LogP contribution in [0.25, 0.3) is 22.0 Å². The van der Waals surface area contributed by atoms with E-state index in [9.17, 15) is 0 Å². The highest BCUT2D eigenvalue weighted by molar-refractivity contribution is 5.95. The first-order chi connectivity index (χ1) is 12.8. The highest BCUT2D eigenvalue weighted by Gasteiger charge is 2.32. The van der Waals surface area contributed by atoms with Crippen LogP contribution < -0.4 is 35.9 Å². The molecule has 0 radical (unpaired) electrons. The molecule has 138 valence electrons. The molecule has 3 aromatic rings. The fourth-order valence-electron chi connectivity index (χ4n) is 4.40. The highest BCUT2D eigenvalue weighted by atomic mass is 35.5. The van der Waals surface area contributed by atoms with Gasteiger partial charge in [-0.3, -0.25) is 0 Å². The fraction of sp³-hybridized carbons (Fsp3) is 0.286. The van der Waals surface area contributed by atoms with E-state index < -0.39 is 0 Å². The van der Waals surface area contributed by atoms with Crippen LogP contribution in [0.3, 0.4) is 0 Å². The van der Waals surface area contributed by atoms with Crippen molar-refractivity contribution in [3.8, 4) is 34.3 Å². The molecular formula is C21H18ClNO4. The average molecular weight is 384 g/mol. The van der Waals surface area contributed by atoms with Crippen molar-refractivity contribution in [3.05, 3.63) is 41.6 Å². The second kappa shape index (κ2) is 5.92. The van der Waals surface area contributed by atoms with Crippen LogP contribution in [0.4, 0.5) is 0 Å². The van der Waals surface area contributed by atoms with Gasteiger partial charge in [-0.1, -0.05) is 0 Å². The summed E-state index contributed by atoms with van der Waals surface area (Å²) in [6, 6.07) is 8.47. The van der Waals surface area contributed by atoms with Gasteiger partial charge in [0.25, 0.3) is 0 Å². The van der Waals surface area contributed by atoms with Gasteiger partial charge in [-0.25, -0.2) is 0 Å². The molecule has 3 aliphatic rings. The normalized spacial score (nSPS) is 15.3. The molecule has 0 spiro atoms. The van der Waals surface area contributed by atoms with Crippen molar-refractivity contribution in [1.82, 2.24) is 0 Å². The predicted octanol–water partition coefficient (Wildman–Crippen LogP) is 0.374. The van der Waals surface area contributed by atoms with E-state index in [1.165, 1.54) is 27.8 Å². The molecule has 0 bridgehead atoms. The molecule has 1 aromatic heterocycles. The summed E-state index contributed by atoms with van der Waals surface area (Å²) >= 11 is 0. The van der Waals surface area contributed by atoms with Crippen molar-refractivity contribution in [1.29, 1.82) is 0 Å². The number of nitrogens with zero attached hydrogens (tertiary/aromatic N) is 1. The van der Waals surface area contributed by atoms with Gasteiger partial charge in [0.1, 0.15) is 6.54 Å². The maximum absolute atomic E-state index is 5.76. The van der Waals surface area contributed by atoms with Gasteiger partial charge in [0.15, 0.2) is 29.2 Å². The van der Waals surface area contributed by atoms with Crippen LogP contribution >= 0.6 is 0 Å². The zero-order valence-electron chi connectivity index (χ0n) is 14.9. The van der Waals surface area contributed by atoms with E-state index in [1.807, 2.05) is 6.07 Å². The van der Waals surface area contributed by atoms with Crippen molar-refractivity contribution >= 4 is 10.8 Å². The van der Waals surface area contributed by atoms with E-state index in [4.69, 9.17) is 18.9 Å². The molecule has 6 heteroatoms. The number of aromatic nitrogens is 1. The molecule has 2 aromatic carbocycles.